The molecule has 0 saturated carbocycles. The van der Waals surface area contributed by atoms with Crippen molar-refractivity contribution in [2.24, 2.45) is 0 Å². The van der Waals surface area contributed by atoms with E-state index in [1.807, 2.05) is 9.80 Å². The number of nitrogens with zero attached hydrogens (tertiary/aromatic N) is 9. The van der Waals surface area contributed by atoms with Crippen LogP contribution in [0.15, 0.2) is 41.8 Å². The van der Waals surface area contributed by atoms with Gasteiger partial charge in [-0.3, -0.25) is 14.5 Å². The molecule has 1 atom stereocenters. The fraction of sp³-hybridized carbons (Fsp3) is 0.448. The molecule has 1 aromatic carbocycles. The number of hydrogen-bond acceptors (Lipinski definition) is 9. The van der Waals surface area contributed by atoms with Gasteiger partial charge in [0.05, 0.1) is 46.4 Å². The summed E-state index contributed by atoms with van der Waals surface area (Å²) < 4.78 is 41.6. The van der Waals surface area contributed by atoms with Gasteiger partial charge in [0.1, 0.15) is 11.3 Å². The Hall–Kier alpha value is -4.22. The Kier molecular flexibility index (Phi) is 8.80. The highest BCUT2D eigenvalue weighted by Gasteiger charge is 2.36. The molecule has 5 rings (SSSR count). The number of aromatic nitrogens is 4. The van der Waals surface area contributed by atoms with Crippen LogP contribution in [-0.4, -0.2) is 93.4 Å². The summed E-state index contributed by atoms with van der Waals surface area (Å²) >= 11 is 6.15. The van der Waals surface area contributed by atoms with Crippen LogP contribution in [-0.2, 0) is 11.0 Å². The smallest absolute Gasteiger partial charge is 0.352 e. The molecular formula is C29H31ClF3N9O2. The average molecular weight is 630 g/mol. The summed E-state index contributed by atoms with van der Waals surface area (Å²) in [5, 5.41) is 13.3. The van der Waals surface area contributed by atoms with Crippen LogP contribution in [0.25, 0.3) is 16.6 Å². The first-order valence-corrected chi connectivity index (χ1v) is 14.6. The second-order valence-electron chi connectivity index (χ2n) is 10.6. The number of fused-ring (bicyclic) bond motifs is 1. The molecule has 0 spiro atoms. The quantitative estimate of drug-likeness (QED) is 0.346. The summed E-state index contributed by atoms with van der Waals surface area (Å²) in [6.07, 6.45) is -2.12. The first-order chi connectivity index (χ1) is 21.0. The van der Waals surface area contributed by atoms with Gasteiger partial charge in [-0.1, -0.05) is 38.1 Å². The lowest BCUT2D eigenvalue weighted by atomic mass is 10.1. The summed E-state index contributed by atoms with van der Waals surface area (Å²) in [6.45, 7) is 11.6. The van der Waals surface area contributed by atoms with Crippen molar-refractivity contribution in [3.8, 4) is 11.8 Å². The fourth-order valence-corrected chi connectivity index (χ4v) is 6.09. The molecule has 0 aliphatic carbocycles. The van der Waals surface area contributed by atoms with Gasteiger partial charge in [0, 0.05) is 38.8 Å². The van der Waals surface area contributed by atoms with E-state index < -0.39 is 28.4 Å². The van der Waals surface area contributed by atoms with Crippen LogP contribution in [0.5, 0.6) is 0 Å². The maximum Gasteiger partial charge on any atom is 0.417 e. The highest BCUT2D eigenvalue weighted by Crippen LogP contribution is 2.37. The molecule has 0 N–H and O–H groups in total. The number of piperazine rings is 1. The van der Waals surface area contributed by atoms with E-state index in [0.29, 0.717) is 31.4 Å². The van der Waals surface area contributed by atoms with Crippen LogP contribution in [0.2, 0.25) is 5.02 Å². The van der Waals surface area contributed by atoms with Crippen molar-refractivity contribution >= 4 is 40.2 Å². The van der Waals surface area contributed by atoms with Gasteiger partial charge in [-0.15, -0.1) is 0 Å². The molecule has 4 heterocycles. The van der Waals surface area contributed by atoms with E-state index in [2.05, 4.69) is 41.5 Å². The third-order valence-electron chi connectivity index (χ3n) is 8.16. The molecule has 2 saturated heterocycles. The molecule has 0 bridgehead atoms. The number of carbonyl (C=O) groups is 1. The number of alkyl halides is 3. The number of halogens is 4. The molecule has 1 unspecified atom stereocenters. The number of rotatable bonds is 8. The predicted octanol–water partition coefficient (Wildman–Crippen LogP) is 3.50. The van der Waals surface area contributed by atoms with Crippen LogP contribution in [0.3, 0.4) is 0 Å². The van der Waals surface area contributed by atoms with E-state index >= 15 is 0 Å². The maximum atomic E-state index is 13.9. The molecule has 232 valence electrons. The van der Waals surface area contributed by atoms with Gasteiger partial charge in [-0.25, -0.2) is 4.98 Å². The number of amides is 1. The number of carbonyl (C=O) groups excluding carboxylic acids is 1. The lowest BCUT2D eigenvalue weighted by Crippen LogP contribution is -2.60. The number of benzene rings is 1. The van der Waals surface area contributed by atoms with Crippen LogP contribution in [0, 0.1) is 11.3 Å². The predicted molar refractivity (Wildman–Crippen MR) is 160 cm³/mol. The maximum absolute atomic E-state index is 13.9. The Bertz CT molecular complexity index is 1680. The number of nitriles is 1. The second kappa shape index (κ2) is 12.4. The Morgan fingerprint density at radius 3 is 2.55 bits per heavy atom. The molecule has 44 heavy (non-hydrogen) atoms. The van der Waals surface area contributed by atoms with E-state index in [1.54, 1.807) is 4.90 Å². The van der Waals surface area contributed by atoms with Crippen molar-refractivity contribution in [1.82, 2.24) is 29.5 Å². The van der Waals surface area contributed by atoms with Crippen molar-refractivity contribution in [2.45, 2.75) is 38.5 Å². The van der Waals surface area contributed by atoms with Gasteiger partial charge in [0.2, 0.25) is 11.9 Å². The molecule has 2 aliphatic rings. The zero-order valence-electron chi connectivity index (χ0n) is 24.3. The monoisotopic (exact) mass is 629 g/mol. The van der Waals surface area contributed by atoms with Crippen molar-refractivity contribution in [1.29, 1.82) is 5.26 Å². The average Bonchev–Trinajstić information content (AvgIpc) is 2.98. The minimum Gasteiger partial charge on any atom is -0.352 e. The lowest BCUT2D eigenvalue weighted by Gasteiger charge is -2.45. The van der Waals surface area contributed by atoms with E-state index in [0.717, 1.165) is 29.9 Å². The van der Waals surface area contributed by atoms with Crippen LogP contribution in [0.1, 0.15) is 25.8 Å². The Balaban J connectivity index is 1.62. The van der Waals surface area contributed by atoms with Crippen molar-refractivity contribution < 1.29 is 18.0 Å². The van der Waals surface area contributed by atoms with Crippen molar-refractivity contribution in [3.05, 3.63) is 58.0 Å². The normalized spacial score (nSPS) is 17.6. The van der Waals surface area contributed by atoms with E-state index in [9.17, 15) is 28.0 Å². The summed E-state index contributed by atoms with van der Waals surface area (Å²) in [5.41, 5.74) is -2.12. The molecule has 15 heteroatoms. The minimum atomic E-state index is -4.73. The highest BCUT2D eigenvalue weighted by molar-refractivity contribution is 6.33. The molecule has 11 nitrogen and oxygen atoms in total. The van der Waals surface area contributed by atoms with Crippen LogP contribution in [0.4, 0.5) is 24.9 Å². The van der Waals surface area contributed by atoms with Crippen molar-refractivity contribution in [3.63, 3.8) is 0 Å². The van der Waals surface area contributed by atoms with Gasteiger partial charge in [-0.2, -0.15) is 33.2 Å². The van der Waals surface area contributed by atoms with Gasteiger partial charge in [0.15, 0.2) is 0 Å². The molecule has 2 fully saturated rings. The van der Waals surface area contributed by atoms with Crippen molar-refractivity contribution in [2.75, 3.05) is 55.6 Å². The second-order valence-corrected chi connectivity index (χ2v) is 11.0. The third kappa shape index (κ3) is 5.69. The Morgan fingerprint density at radius 1 is 1.18 bits per heavy atom. The first-order valence-electron chi connectivity index (χ1n) is 14.2. The molecule has 0 radical (unpaired) electrons. The third-order valence-corrected chi connectivity index (χ3v) is 8.56. The van der Waals surface area contributed by atoms with E-state index in [-0.39, 0.29) is 48.0 Å². The summed E-state index contributed by atoms with van der Waals surface area (Å²) in [5.74, 6) is 0.392. The van der Waals surface area contributed by atoms with E-state index in [1.165, 1.54) is 18.3 Å². The number of anilines is 2. The summed E-state index contributed by atoms with van der Waals surface area (Å²) in [6, 6.07) is 5.22. The standard InChI is InChI=1S/C29H31ClF3N9O2/c1-4-23(43)41-13-12-39(15-18(41)10-11-34)26-20-14-35-42(22-9-7-8-21(24(22)30)29(31,32)33)27(44)25(20)36-28(37-26)40-16-19(17-40)38(5-2)6-3/h4,7-9,14,18-19H,1,5-6,10,12-13,15-17H2,2-3H3. The fourth-order valence-electron chi connectivity index (χ4n) is 5.78. The zero-order chi connectivity index (χ0) is 31.8. The topological polar surface area (TPSA) is 114 Å². The number of likely N-dealkylation sites (N-methyl/N-ethyl adjacent to an activating group) is 1. The molecule has 3 aromatic rings. The van der Waals surface area contributed by atoms with Gasteiger partial charge in [-0.05, 0) is 31.3 Å². The van der Waals surface area contributed by atoms with E-state index in [4.69, 9.17) is 16.6 Å². The SMILES string of the molecule is C=CC(=O)N1CCN(c2nc(N3CC(N(CC)CC)C3)nc3c(=O)n(-c4cccc(C(F)(F)F)c4Cl)ncc23)CC1CC#N. The summed E-state index contributed by atoms with van der Waals surface area (Å²) in [4.78, 5) is 43.5. The van der Waals surface area contributed by atoms with Crippen LogP contribution < -0.4 is 15.4 Å². The Labute approximate surface area is 256 Å². The highest BCUT2D eigenvalue weighted by atomic mass is 35.5. The minimum absolute atomic E-state index is 0.0406. The van der Waals surface area contributed by atoms with Crippen LogP contribution >= 0.6 is 11.6 Å². The molecular weight excluding hydrogens is 599 g/mol. The van der Waals surface area contributed by atoms with Gasteiger partial charge in [0.25, 0.3) is 5.56 Å². The largest absolute Gasteiger partial charge is 0.417 e. The zero-order valence-corrected chi connectivity index (χ0v) is 25.0. The lowest BCUT2D eigenvalue weighted by molar-refractivity contribution is -0.137. The molecule has 1 amide bonds. The molecule has 2 aromatic heterocycles. The molecule has 2 aliphatic heterocycles. The van der Waals surface area contributed by atoms with Gasteiger partial charge >= 0.3 is 6.18 Å². The van der Waals surface area contributed by atoms with Gasteiger partial charge < -0.3 is 14.7 Å². The summed E-state index contributed by atoms with van der Waals surface area (Å²) in [7, 11) is 0. The number of hydrogen-bond donors (Lipinski definition) is 0. The first kappa shape index (κ1) is 31.2. The Morgan fingerprint density at radius 2 is 1.91 bits per heavy atom.